The van der Waals surface area contributed by atoms with Gasteiger partial charge in [0.1, 0.15) is 18.4 Å². The molecule has 1 atom stereocenters. The second kappa shape index (κ2) is 13.0. The number of nitrogens with one attached hydrogen (secondary N) is 1. The Morgan fingerprint density at radius 2 is 1.62 bits per heavy atom. The smallest absolute Gasteiger partial charge is 0.304 e. The molecule has 1 N–H and O–H groups in total. The predicted molar refractivity (Wildman–Crippen MR) is 143 cm³/mol. The Balaban J connectivity index is 1.85. The van der Waals surface area contributed by atoms with Gasteiger partial charge in [-0.1, -0.05) is 49.6 Å². The minimum Gasteiger partial charge on any atom is -0.352 e. The first kappa shape index (κ1) is 28.6. The number of benzene rings is 2. The van der Waals surface area contributed by atoms with Crippen molar-refractivity contribution in [1.82, 2.24) is 14.5 Å². The van der Waals surface area contributed by atoms with E-state index in [1.807, 2.05) is 30.3 Å². The average molecular weight is 533 g/mol. The number of carbonyl (C=O) groups is 2. The first-order valence-electron chi connectivity index (χ1n) is 12.7. The second-order valence-corrected chi connectivity index (χ2v) is 11.7. The number of hydrogen-bond acceptors (Lipinski definition) is 4. The van der Waals surface area contributed by atoms with E-state index >= 15 is 0 Å². The van der Waals surface area contributed by atoms with Crippen LogP contribution in [-0.4, -0.2) is 68.7 Å². The Morgan fingerprint density at radius 3 is 2.22 bits per heavy atom. The lowest BCUT2D eigenvalue weighted by atomic mass is 9.95. The third-order valence-corrected chi connectivity index (χ3v) is 8.56. The van der Waals surface area contributed by atoms with Gasteiger partial charge in [-0.3, -0.25) is 9.59 Å². The van der Waals surface area contributed by atoms with Crippen molar-refractivity contribution in [3.63, 3.8) is 0 Å². The van der Waals surface area contributed by atoms with E-state index in [0.717, 1.165) is 58.4 Å². The summed E-state index contributed by atoms with van der Waals surface area (Å²) < 4.78 is 41.7. The summed E-state index contributed by atoms with van der Waals surface area (Å²) in [5.41, 5.74) is 1.15. The summed E-state index contributed by atoms with van der Waals surface area (Å²) >= 11 is 0. The van der Waals surface area contributed by atoms with E-state index in [1.165, 1.54) is 31.1 Å². The fourth-order valence-electron chi connectivity index (χ4n) is 4.46. The fraction of sp³-hybridized carbons (Fsp3) is 0.481. The predicted octanol–water partition coefficient (Wildman–Crippen LogP) is 3.35. The van der Waals surface area contributed by atoms with Gasteiger partial charge in [0.25, 0.3) is 0 Å². The molecule has 10 heteroatoms. The summed E-state index contributed by atoms with van der Waals surface area (Å²) in [6.07, 6.45) is 5.61. The lowest BCUT2D eigenvalue weighted by Gasteiger charge is -2.33. The van der Waals surface area contributed by atoms with Gasteiger partial charge in [-0.15, -0.1) is 0 Å². The van der Waals surface area contributed by atoms with Crippen LogP contribution in [0.25, 0.3) is 0 Å². The van der Waals surface area contributed by atoms with Crippen molar-refractivity contribution in [3.05, 3.63) is 66.0 Å². The molecule has 2 aromatic rings. The summed E-state index contributed by atoms with van der Waals surface area (Å²) in [5.74, 6) is -1.29. The summed E-state index contributed by atoms with van der Waals surface area (Å²) in [5, 5.41) is 3.08. The highest BCUT2D eigenvalue weighted by Gasteiger charge is 2.33. The number of hydrogen-bond donors (Lipinski definition) is 1. The molecule has 37 heavy (non-hydrogen) atoms. The Hall–Kier alpha value is -2.98. The van der Waals surface area contributed by atoms with Crippen molar-refractivity contribution < 1.29 is 22.4 Å². The van der Waals surface area contributed by atoms with Crippen LogP contribution in [0.2, 0.25) is 0 Å². The van der Waals surface area contributed by atoms with Gasteiger partial charge >= 0.3 is 10.2 Å². The van der Waals surface area contributed by atoms with E-state index in [0.29, 0.717) is 6.42 Å². The summed E-state index contributed by atoms with van der Waals surface area (Å²) in [6, 6.07) is 13.8. The maximum atomic E-state index is 13.7. The summed E-state index contributed by atoms with van der Waals surface area (Å²) in [4.78, 5) is 28.3. The monoisotopic (exact) mass is 532 g/mol. The van der Waals surface area contributed by atoms with Crippen LogP contribution in [0, 0.1) is 5.82 Å². The van der Waals surface area contributed by atoms with E-state index < -0.39 is 34.5 Å². The lowest BCUT2D eigenvalue weighted by molar-refractivity contribution is -0.139. The number of rotatable bonds is 11. The quantitative estimate of drug-likeness (QED) is 0.481. The summed E-state index contributed by atoms with van der Waals surface area (Å²) in [6.45, 7) is 1.38. The van der Waals surface area contributed by atoms with Crippen molar-refractivity contribution >= 4 is 27.7 Å². The molecule has 0 aromatic heterocycles. The zero-order valence-corrected chi connectivity index (χ0v) is 22.6. The molecule has 1 aliphatic carbocycles. The van der Waals surface area contributed by atoms with Gasteiger partial charge in [0.2, 0.25) is 11.8 Å². The SMILES string of the molecule is C[C@@H](C(=O)NC1CCCCC1)N(CCc1ccccc1)C(=O)CN(c1ccc(F)cc1)S(=O)(=O)N(C)C. The molecule has 0 bridgehead atoms. The molecule has 3 rings (SSSR count). The molecule has 0 aliphatic heterocycles. The first-order chi connectivity index (χ1) is 17.6. The van der Waals surface area contributed by atoms with E-state index in [2.05, 4.69) is 5.32 Å². The zero-order valence-electron chi connectivity index (χ0n) is 21.8. The van der Waals surface area contributed by atoms with Gasteiger partial charge in [-0.25, -0.2) is 8.70 Å². The topological polar surface area (TPSA) is 90.0 Å². The molecular weight excluding hydrogens is 495 g/mol. The Labute approximate surface area is 219 Å². The van der Waals surface area contributed by atoms with Gasteiger partial charge in [0.15, 0.2) is 0 Å². The van der Waals surface area contributed by atoms with Gasteiger partial charge in [0, 0.05) is 26.7 Å². The molecule has 1 saturated carbocycles. The maximum Gasteiger partial charge on any atom is 0.304 e. The average Bonchev–Trinajstić information content (AvgIpc) is 2.89. The second-order valence-electron chi connectivity index (χ2n) is 9.62. The van der Waals surface area contributed by atoms with Gasteiger partial charge in [-0.05, 0) is 56.0 Å². The van der Waals surface area contributed by atoms with Crippen molar-refractivity contribution in [2.45, 2.75) is 57.5 Å². The van der Waals surface area contributed by atoms with Crippen molar-refractivity contribution in [1.29, 1.82) is 0 Å². The largest absolute Gasteiger partial charge is 0.352 e. The Morgan fingerprint density at radius 1 is 1.00 bits per heavy atom. The van der Waals surface area contributed by atoms with Crippen molar-refractivity contribution in [2.75, 3.05) is 31.5 Å². The number of nitrogens with zero attached hydrogens (tertiary/aromatic N) is 3. The van der Waals surface area contributed by atoms with Crippen molar-refractivity contribution in [3.8, 4) is 0 Å². The molecule has 0 spiro atoms. The fourth-order valence-corrected chi connectivity index (χ4v) is 5.52. The van der Waals surface area contributed by atoms with Crippen molar-refractivity contribution in [2.24, 2.45) is 0 Å². The van der Waals surface area contributed by atoms with Crippen LogP contribution in [0.1, 0.15) is 44.6 Å². The van der Waals surface area contributed by atoms with Crippen LogP contribution >= 0.6 is 0 Å². The minimum absolute atomic E-state index is 0.0830. The van der Waals surface area contributed by atoms with E-state index in [1.54, 1.807) is 6.92 Å². The molecule has 202 valence electrons. The van der Waals surface area contributed by atoms with Gasteiger partial charge in [-0.2, -0.15) is 12.7 Å². The van der Waals surface area contributed by atoms with Crippen LogP contribution in [0.5, 0.6) is 0 Å². The molecule has 0 radical (unpaired) electrons. The molecule has 1 fully saturated rings. The van der Waals surface area contributed by atoms with Gasteiger partial charge < -0.3 is 10.2 Å². The first-order valence-corrected chi connectivity index (χ1v) is 14.1. The number of anilines is 1. The lowest BCUT2D eigenvalue weighted by Crippen LogP contribution is -2.54. The van der Waals surface area contributed by atoms with Crippen LogP contribution in [0.4, 0.5) is 10.1 Å². The molecule has 0 unspecified atom stereocenters. The number of halogens is 1. The molecule has 0 saturated heterocycles. The van der Waals surface area contributed by atoms with Gasteiger partial charge in [0.05, 0.1) is 5.69 Å². The summed E-state index contributed by atoms with van der Waals surface area (Å²) in [7, 11) is -1.34. The van der Waals surface area contributed by atoms with Crippen LogP contribution in [0.15, 0.2) is 54.6 Å². The maximum absolute atomic E-state index is 13.7. The molecule has 8 nitrogen and oxygen atoms in total. The standard InChI is InChI=1S/C27H37FN4O4S/c1-21(27(34)29-24-12-8-5-9-13-24)31(19-18-22-10-6-4-7-11-22)26(33)20-32(37(35,36)30(2)3)25-16-14-23(28)15-17-25/h4,6-7,10-11,14-17,21,24H,5,8-9,12-13,18-20H2,1-3H3,(H,29,34)/t21-/m0/s1. The molecular formula is C27H37FN4O4S. The molecule has 1 aliphatic rings. The highest BCUT2D eigenvalue weighted by atomic mass is 32.2. The van der Waals surface area contributed by atoms with E-state index in [9.17, 15) is 22.4 Å². The molecule has 2 aromatic carbocycles. The van der Waals surface area contributed by atoms with E-state index in [-0.39, 0.29) is 24.2 Å². The molecule has 2 amide bonds. The Kier molecular flexibility index (Phi) is 10.0. The van der Waals surface area contributed by atoms with E-state index in [4.69, 9.17) is 0 Å². The van der Waals surface area contributed by atoms with Crippen LogP contribution < -0.4 is 9.62 Å². The zero-order chi connectivity index (χ0) is 27.0. The molecule has 0 heterocycles. The highest BCUT2D eigenvalue weighted by Crippen LogP contribution is 2.21. The normalized spacial score (nSPS) is 15.3. The number of carbonyl (C=O) groups excluding carboxylic acids is 2. The van der Waals surface area contributed by atoms with Crippen LogP contribution in [0.3, 0.4) is 0 Å². The highest BCUT2D eigenvalue weighted by molar-refractivity contribution is 7.90. The minimum atomic E-state index is -4.07. The Bertz CT molecular complexity index is 1140. The third-order valence-electron chi connectivity index (χ3n) is 6.74. The van der Waals surface area contributed by atoms with Crippen LogP contribution in [-0.2, 0) is 26.2 Å². The number of amides is 2. The third kappa shape index (κ3) is 7.75.